The molecule has 1 aromatic rings. The SMILES string of the molecule is CCCCCCCC1(C)NC(=O)N(CC(=O)NC(C)c2ccc(C)c(C)c2)C1=O. The van der Waals surface area contributed by atoms with Crippen LogP contribution in [0.15, 0.2) is 18.2 Å². The number of carbonyl (C=O) groups excluding carboxylic acids is 3. The number of amides is 4. The monoisotopic (exact) mass is 401 g/mol. The van der Waals surface area contributed by atoms with Crippen LogP contribution in [-0.2, 0) is 9.59 Å². The fourth-order valence-electron chi connectivity index (χ4n) is 3.69. The third-order valence-electron chi connectivity index (χ3n) is 5.84. The van der Waals surface area contributed by atoms with Crippen molar-refractivity contribution in [3.63, 3.8) is 0 Å². The summed E-state index contributed by atoms with van der Waals surface area (Å²) in [6, 6.07) is 5.37. The van der Waals surface area contributed by atoms with Gasteiger partial charge in [-0.15, -0.1) is 0 Å². The van der Waals surface area contributed by atoms with E-state index in [1.54, 1.807) is 6.92 Å². The van der Waals surface area contributed by atoms with Crippen molar-refractivity contribution in [2.45, 2.75) is 84.7 Å². The molecular weight excluding hydrogens is 366 g/mol. The second-order valence-electron chi connectivity index (χ2n) is 8.45. The highest BCUT2D eigenvalue weighted by atomic mass is 16.2. The number of benzene rings is 1. The van der Waals surface area contributed by atoms with E-state index in [4.69, 9.17) is 0 Å². The molecule has 0 spiro atoms. The van der Waals surface area contributed by atoms with Gasteiger partial charge in [0.15, 0.2) is 0 Å². The van der Waals surface area contributed by atoms with Gasteiger partial charge in [-0.05, 0) is 50.8 Å². The Balaban J connectivity index is 1.91. The first kappa shape index (κ1) is 22.9. The average molecular weight is 402 g/mol. The van der Waals surface area contributed by atoms with Crippen molar-refractivity contribution in [3.05, 3.63) is 34.9 Å². The van der Waals surface area contributed by atoms with Crippen LogP contribution in [0.3, 0.4) is 0 Å². The molecule has 0 saturated carbocycles. The summed E-state index contributed by atoms with van der Waals surface area (Å²) in [6.45, 7) is 9.62. The van der Waals surface area contributed by atoms with Gasteiger partial charge >= 0.3 is 6.03 Å². The second kappa shape index (κ2) is 9.90. The van der Waals surface area contributed by atoms with Crippen molar-refractivity contribution in [2.24, 2.45) is 0 Å². The van der Waals surface area contributed by atoms with E-state index >= 15 is 0 Å². The number of unbranched alkanes of at least 4 members (excludes halogenated alkanes) is 4. The molecule has 0 radical (unpaired) electrons. The summed E-state index contributed by atoms with van der Waals surface area (Å²) in [5.74, 6) is -0.654. The largest absolute Gasteiger partial charge is 0.348 e. The van der Waals surface area contributed by atoms with E-state index in [0.717, 1.165) is 41.7 Å². The molecule has 1 fully saturated rings. The summed E-state index contributed by atoms with van der Waals surface area (Å²) in [6.07, 6.45) is 6.00. The van der Waals surface area contributed by atoms with Crippen LogP contribution in [0, 0.1) is 13.8 Å². The van der Waals surface area contributed by atoms with Crippen LogP contribution in [0.25, 0.3) is 0 Å². The van der Waals surface area contributed by atoms with Crippen LogP contribution in [-0.4, -0.2) is 34.8 Å². The zero-order valence-corrected chi connectivity index (χ0v) is 18.4. The number of hydrogen-bond donors (Lipinski definition) is 2. The summed E-state index contributed by atoms with van der Waals surface area (Å²) in [5.41, 5.74) is 2.44. The summed E-state index contributed by atoms with van der Waals surface area (Å²) in [5, 5.41) is 5.67. The Morgan fingerprint density at radius 3 is 2.48 bits per heavy atom. The first-order valence-corrected chi connectivity index (χ1v) is 10.7. The van der Waals surface area contributed by atoms with Crippen LogP contribution >= 0.6 is 0 Å². The minimum Gasteiger partial charge on any atom is -0.348 e. The Morgan fingerprint density at radius 1 is 1.14 bits per heavy atom. The van der Waals surface area contributed by atoms with Gasteiger partial charge in [0.05, 0.1) is 6.04 Å². The maximum atomic E-state index is 12.8. The molecule has 6 heteroatoms. The van der Waals surface area contributed by atoms with Crippen molar-refractivity contribution < 1.29 is 14.4 Å². The van der Waals surface area contributed by atoms with Crippen molar-refractivity contribution in [3.8, 4) is 0 Å². The van der Waals surface area contributed by atoms with E-state index in [0.29, 0.717) is 6.42 Å². The third-order valence-corrected chi connectivity index (χ3v) is 5.84. The summed E-state index contributed by atoms with van der Waals surface area (Å²) in [7, 11) is 0. The number of imide groups is 1. The molecule has 2 rings (SSSR count). The lowest BCUT2D eigenvalue weighted by Crippen LogP contribution is -2.45. The lowest BCUT2D eigenvalue weighted by molar-refractivity contribution is -0.135. The van der Waals surface area contributed by atoms with Gasteiger partial charge in [0.25, 0.3) is 5.91 Å². The summed E-state index contributed by atoms with van der Waals surface area (Å²) < 4.78 is 0. The normalized spacial score (nSPS) is 20.0. The van der Waals surface area contributed by atoms with E-state index in [1.165, 1.54) is 12.0 Å². The predicted molar refractivity (Wildman–Crippen MR) is 114 cm³/mol. The Kier molecular flexibility index (Phi) is 7.82. The fourth-order valence-corrected chi connectivity index (χ4v) is 3.69. The van der Waals surface area contributed by atoms with E-state index in [1.807, 2.05) is 39.0 Å². The molecule has 6 nitrogen and oxygen atoms in total. The number of hydrogen-bond acceptors (Lipinski definition) is 3. The topological polar surface area (TPSA) is 78.5 Å². The molecule has 2 N–H and O–H groups in total. The maximum Gasteiger partial charge on any atom is 0.325 e. The molecule has 0 aromatic heterocycles. The van der Waals surface area contributed by atoms with Gasteiger partial charge in [-0.25, -0.2) is 4.79 Å². The van der Waals surface area contributed by atoms with Crippen molar-refractivity contribution >= 4 is 17.8 Å². The summed E-state index contributed by atoms with van der Waals surface area (Å²) in [4.78, 5) is 38.6. The molecule has 1 heterocycles. The fraction of sp³-hybridized carbons (Fsp3) is 0.609. The first-order chi connectivity index (χ1) is 13.7. The van der Waals surface area contributed by atoms with E-state index in [2.05, 4.69) is 17.6 Å². The van der Waals surface area contributed by atoms with Crippen molar-refractivity contribution in [1.82, 2.24) is 15.5 Å². The van der Waals surface area contributed by atoms with Crippen LogP contribution in [0.5, 0.6) is 0 Å². The van der Waals surface area contributed by atoms with Gasteiger partial charge < -0.3 is 10.6 Å². The smallest absolute Gasteiger partial charge is 0.325 e. The molecule has 0 bridgehead atoms. The predicted octanol–water partition coefficient (Wildman–Crippen LogP) is 4.15. The molecule has 1 aliphatic heterocycles. The van der Waals surface area contributed by atoms with E-state index < -0.39 is 11.6 Å². The standard InChI is InChI=1S/C23H35N3O3/c1-6-7-8-9-10-13-23(5)21(28)26(22(29)25-23)15-20(27)24-18(4)19-12-11-16(2)17(3)14-19/h11-12,14,18H,6-10,13,15H2,1-5H3,(H,24,27)(H,25,29). The highest BCUT2D eigenvalue weighted by molar-refractivity contribution is 6.08. The Labute approximate surface area is 174 Å². The molecule has 29 heavy (non-hydrogen) atoms. The zero-order valence-electron chi connectivity index (χ0n) is 18.4. The number of rotatable bonds is 10. The molecular formula is C23H35N3O3. The minimum atomic E-state index is -0.913. The molecule has 1 saturated heterocycles. The first-order valence-electron chi connectivity index (χ1n) is 10.7. The lowest BCUT2D eigenvalue weighted by Gasteiger charge is -2.22. The van der Waals surface area contributed by atoms with Gasteiger partial charge in [0, 0.05) is 0 Å². The minimum absolute atomic E-state index is 0.201. The molecule has 4 amide bonds. The Morgan fingerprint density at radius 2 is 1.83 bits per heavy atom. The number of urea groups is 1. The van der Waals surface area contributed by atoms with Gasteiger partial charge in [-0.3, -0.25) is 14.5 Å². The van der Waals surface area contributed by atoms with Gasteiger partial charge in [0.1, 0.15) is 12.1 Å². The summed E-state index contributed by atoms with van der Waals surface area (Å²) >= 11 is 0. The zero-order chi connectivity index (χ0) is 21.6. The van der Waals surface area contributed by atoms with Gasteiger partial charge in [0.2, 0.25) is 5.91 Å². The van der Waals surface area contributed by atoms with Crippen LogP contribution in [0.4, 0.5) is 4.79 Å². The van der Waals surface area contributed by atoms with Crippen molar-refractivity contribution in [2.75, 3.05) is 6.54 Å². The van der Waals surface area contributed by atoms with Crippen LogP contribution in [0.2, 0.25) is 0 Å². The van der Waals surface area contributed by atoms with Gasteiger partial charge in [-0.2, -0.15) is 0 Å². The number of aryl methyl sites for hydroxylation is 2. The van der Waals surface area contributed by atoms with Crippen molar-refractivity contribution in [1.29, 1.82) is 0 Å². The molecule has 160 valence electrons. The lowest BCUT2D eigenvalue weighted by atomic mass is 9.94. The third kappa shape index (κ3) is 5.81. The average Bonchev–Trinajstić information content (AvgIpc) is 2.87. The quantitative estimate of drug-likeness (QED) is 0.457. The number of nitrogens with one attached hydrogen (secondary N) is 2. The number of carbonyl (C=O) groups is 3. The Hall–Kier alpha value is -2.37. The molecule has 1 aliphatic rings. The molecule has 2 atom stereocenters. The van der Waals surface area contributed by atoms with Crippen LogP contribution < -0.4 is 10.6 Å². The van der Waals surface area contributed by atoms with E-state index in [9.17, 15) is 14.4 Å². The van der Waals surface area contributed by atoms with E-state index in [-0.39, 0.29) is 24.4 Å². The van der Waals surface area contributed by atoms with Gasteiger partial charge in [-0.1, -0.05) is 57.2 Å². The highest BCUT2D eigenvalue weighted by Crippen LogP contribution is 2.24. The molecule has 0 aliphatic carbocycles. The highest BCUT2D eigenvalue weighted by Gasteiger charge is 2.47. The maximum absolute atomic E-state index is 12.8. The molecule has 2 unspecified atom stereocenters. The Bertz CT molecular complexity index is 762. The molecule has 1 aromatic carbocycles. The second-order valence-corrected chi connectivity index (χ2v) is 8.45. The van der Waals surface area contributed by atoms with Crippen LogP contribution in [0.1, 0.15) is 82.0 Å². The number of nitrogens with zero attached hydrogens (tertiary/aromatic N) is 1.